The summed E-state index contributed by atoms with van der Waals surface area (Å²) in [4.78, 5) is 15.8. The Morgan fingerprint density at radius 1 is 1.24 bits per heavy atom. The summed E-state index contributed by atoms with van der Waals surface area (Å²) in [6, 6.07) is 13.5. The van der Waals surface area contributed by atoms with Gasteiger partial charge in [0.2, 0.25) is 5.91 Å². The molecule has 0 fully saturated rings. The van der Waals surface area contributed by atoms with Crippen molar-refractivity contribution in [1.82, 2.24) is 4.98 Å². The number of carbonyl (C=O) groups excluding carboxylic acids is 1. The van der Waals surface area contributed by atoms with Crippen molar-refractivity contribution in [3.63, 3.8) is 0 Å². The predicted molar refractivity (Wildman–Crippen MR) is 85.9 cm³/mol. The van der Waals surface area contributed by atoms with E-state index in [9.17, 15) is 4.79 Å². The third-order valence-corrected chi connectivity index (χ3v) is 4.10. The van der Waals surface area contributed by atoms with Crippen molar-refractivity contribution in [2.24, 2.45) is 0 Å². The zero-order valence-electron chi connectivity index (χ0n) is 11.7. The monoisotopic (exact) mass is 298 g/mol. The minimum absolute atomic E-state index is 0.0798. The van der Waals surface area contributed by atoms with Crippen LogP contribution >= 0.6 is 11.3 Å². The quantitative estimate of drug-likeness (QED) is 0.797. The molecule has 2 aromatic carbocycles. The summed E-state index contributed by atoms with van der Waals surface area (Å²) in [5, 5.41) is 3.69. The minimum atomic E-state index is -0.0798. The fourth-order valence-electron chi connectivity index (χ4n) is 2.14. The average Bonchev–Trinajstić information content (AvgIpc) is 2.89. The largest absolute Gasteiger partial charge is 0.496 e. The van der Waals surface area contributed by atoms with E-state index in [1.54, 1.807) is 18.4 Å². The lowest BCUT2D eigenvalue weighted by atomic mass is 10.2. The zero-order valence-corrected chi connectivity index (χ0v) is 12.5. The topological polar surface area (TPSA) is 51.2 Å². The summed E-state index contributed by atoms with van der Waals surface area (Å²) < 4.78 is 6.41. The van der Waals surface area contributed by atoms with Gasteiger partial charge in [-0.25, -0.2) is 4.98 Å². The maximum absolute atomic E-state index is 11.1. The fourth-order valence-corrected chi connectivity index (χ4v) is 3.18. The second kappa shape index (κ2) is 5.54. The number of para-hydroxylation sites is 1. The first kappa shape index (κ1) is 13.6. The molecule has 3 aromatic rings. The molecule has 4 nitrogen and oxygen atoms in total. The van der Waals surface area contributed by atoms with Crippen LogP contribution in [0.15, 0.2) is 42.5 Å². The van der Waals surface area contributed by atoms with Gasteiger partial charge in [0, 0.05) is 12.6 Å². The van der Waals surface area contributed by atoms with Crippen LogP contribution in [-0.4, -0.2) is 18.0 Å². The molecular formula is C16H14N2O2S. The molecule has 0 radical (unpaired) electrons. The molecule has 0 spiro atoms. The molecular weight excluding hydrogens is 284 g/mol. The Morgan fingerprint density at radius 2 is 2.05 bits per heavy atom. The van der Waals surface area contributed by atoms with Crippen molar-refractivity contribution in [3.8, 4) is 16.3 Å². The molecule has 1 heterocycles. The number of nitrogens with one attached hydrogen (secondary N) is 1. The average molecular weight is 298 g/mol. The molecule has 0 aliphatic rings. The van der Waals surface area contributed by atoms with Crippen LogP contribution in [0.2, 0.25) is 0 Å². The van der Waals surface area contributed by atoms with Gasteiger partial charge in [0.25, 0.3) is 0 Å². The van der Waals surface area contributed by atoms with E-state index >= 15 is 0 Å². The van der Waals surface area contributed by atoms with Gasteiger partial charge in [-0.3, -0.25) is 4.79 Å². The normalized spacial score (nSPS) is 10.6. The number of hydrogen-bond donors (Lipinski definition) is 1. The summed E-state index contributed by atoms with van der Waals surface area (Å²) >= 11 is 1.58. The molecule has 5 heteroatoms. The van der Waals surface area contributed by atoms with Gasteiger partial charge in [-0.05, 0) is 30.3 Å². The maximum atomic E-state index is 11.1. The van der Waals surface area contributed by atoms with Crippen LogP contribution < -0.4 is 10.1 Å². The maximum Gasteiger partial charge on any atom is 0.221 e. The lowest BCUT2D eigenvalue weighted by Crippen LogP contribution is -2.05. The molecule has 0 saturated heterocycles. The number of anilines is 1. The number of ether oxygens (including phenoxy) is 1. The molecule has 1 aromatic heterocycles. The number of thiazole rings is 1. The molecule has 0 bridgehead atoms. The number of carbonyl (C=O) groups is 1. The summed E-state index contributed by atoms with van der Waals surface area (Å²) in [5.41, 5.74) is 2.67. The summed E-state index contributed by atoms with van der Waals surface area (Å²) in [7, 11) is 1.65. The first-order chi connectivity index (χ1) is 10.2. The zero-order chi connectivity index (χ0) is 14.8. The van der Waals surface area contributed by atoms with Gasteiger partial charge in [0.1, 0.15) is 10.8 Å². The number of fused-ring (bicyclic) bond motifs is 1. The number of hydrogen-bond acceptors (Lipinski definition) is 4. The van der Waals surface area contributed by atoms with E-state index in [0.29, 0.717) is 0 Å². The molecule has 0 aliphatic heterocycles. The minimum Gasteiger partial charge on any atom is -0.496 e. The number of benzene rings is 2. The van der Waals surface area contributed by atoms with Gasteiger partial charge < -0.3 is 10.1 Å². The van der Waals surface area contributed by atoms with E-state index in [-0.39, 0.29) is 5.91 Å². The number of aromatic nitrogens is 1. The summed E-state index contributed by atoms with van der Waals surface area (Å²) in [6.45, 7) is 1.50. The van der Waals surface area contributed by atoms with Crippen molar-refractivity contribution < 1.29 is 9.53 Å². The highest BCUT2D eigenvalue weighted by atomic mass is 32.1. The Bertz CT molecular complexity index is 811. The van der Waals surface area contributed by atoms with Gasteiger partial charge in [0.15, 0.2) is 0 Å². The van der Waals surface area contributed by atoms with Crippen molar-refractivity contribution in [3.05, 3.63) is 42.5 Å². The van der Waals surface area contributed by atoms with E-state index in [0.717, 1.165) is 32.2 Å². The highest BCUT2D eigenvalue weighted by Crippen LogP contribution is 2.36. The molecule has 3 rings (SSSR count). The van der Waals surface area contributed by atoms with Crippen molar-refractivity contribution in [2.45, 2.75) is 6.92 Å². The molecule has 0 saturated carbocycles. The molecule has 1 N–H and O–H groups in total. The summed E-state index contributed by atoms with van der Waals surface area (Å²) in [5.74, 6) is 0.724. The van der Waals surface area contributed by atoms with Gasteiger partial charge in [0.05, 0.1) is 22.9 Å². The number of nitrogens with zero attached hydrogens (tertiary/aromatic N) is 1. The van der Waals surface area contributed by atoms with Crippen molar-refractivity contribution >= 4 is 33.1 Å². The second-order valence-corrected chi connectivity index (χ2v) is 5.61. The van der Waals surface area contributed by atoms with Crippen LogP contribution in [-0.2, 0) is 4.79 Å². The Kier molecular flexibility index (Phi) is 3.58. The van der Waals surface area contributed by atoms with E-state index in [1.165, 1.54) is 6.92 Å². The van der Waals surface area contributed by atoms with Crippen LogP contribution in [0.25, 0.3) is 20.8 Å². The summed E-state index contributed by atoms with van der Waals surface area (Å²) in [6.07, 6.45) is 0. The van der Waals surface area contributed by atoms with Gasteiger partial charge in [-0.2, -0.15) is 0 Å². The Balaban J connectivity index is 2.06. The van der Waals surface area contributed by atoms with Crippen LogP contribution in [0.3, 0.4) is 0 Å². The highest BCUT2D eigenvalue weighted by molar-refractivity contribution is 7.21. The number of amides is 1. The van der Waals surface area contributed by atoms with Crippen LogP contribution in [0, 0.1) is 0 Å². The molecule has 21 heavy (non-hydrogen) atoms. The molecule has 106 valence electrons. The predicted octanol–water partition coefficient (Wildman–Crippen LogP) is 3.93. The third-order valence-electron chi connectivity index (χ3n) is 3.05. The lowest BCUT2D eigenvalue weighted by Gasteiger charge is -2.04. The standard InChI is InChI=1S/C16H14N2O2S/c1-10(19)17-11-7-8-13-15(9-11)21-16(18-13)12-5-3-4-6-14(12)20-2/h3-9H,1-2H3,(H,17,19). The van der Waals surface area contributed by atoms with Gasteiger partial charge in [-0.15, -0.1) is 11.3 Å². The van der Waals surface area contributed by atoms with Crippen molar-refractivity contribution in [1.29, 1.82) is 0 Å². The van der Waals surface area contributed by atoms with Gasteiger partial charge >= 0.3 is 0 Å². The van der Waals surface area contributed by atoms with E-state index < -0.39 is 0 Å². The smallest absolute Gasteiger partial charge is 0.221 e. The Hall–Kier alpha value is -2.40. The SMILES string of the molecule is COc1ccccc1-c1nc2ccc(NC(C)=O)cc2s1. The van der Waals surface area contributed by atoms with Crippen LogP contribution in [0.4, 0.5) is 5.69 Å². The van der Waals surface area contributed by atoms with E-state index in [4.69, 9.17) is 4.74 Å². The second-order valence-electron chi connectivity index (χ2n) is 4.58. The molecule has 0 atom stereocenters. The van der Waals surface area contributed by atoms with Gasteiger partial charge in [-0.1, -0.05) is 12.1 Å². The Labute approximate surface area is 126 Å². The third kappa shape index (κ3) is 2.73. The van der Waals surface area contributed by atoms with Crippen molar-refractivity contribution in [2.75, 3.05) is 12.4 Å². The van der Waals surface area contributed by atoms with E-state index in [1.807, 2.05) is 42.5 Å². The molecule has 0 unspecified atom stereocenters. The molecule has 1 amide bonds. The van der Waals surface area contributed by atoms with E-state index in [2.05, 4.69) is 10.3 Å². The fraction of sp³-hybridized carbons (Fsp3) is 0.125. The highest BCUT2D eigenvalue weighted by Gasteiger charge is 2.11. The number of rotatable bonds is 3. The van der Waals surface area contributed by atoms with Crippen LogP contribution in [0.1, 0.15) is 6.92 Å². The number of methoxy groups -OCH3 is 1. The first-order valence-corrected chi connectivity index (χ1v) is 7.30. The van der Waals surface area contributed by atoms with Crippen LogP contribution in [0.5, 0.6) is 5.75 Å². The Morgan fingerprint density at radius 3 is 2.81 bits per heavy atom. The lowest BCUT2D eigenvalue weighted by molar-refractivity contribution is -0.114. The first-order valence-electron chi connectivity index (χ1n) is 6.49. The molecule has 0 aliphatic carbocycles.